The van der Waals surface area contributed by atoms with E-state index < -0.39 is 24.1 Å². The van der Waals surface area contributed by atoms with Gasteiger partial charge in [-0.2, -0.15) is 0 Å². The van der Waals surface area contributed by atoms with Gasteiger partial charge in [-0.3, -0.25) is 0 Å². The number of hydrogen-bond acceptors (Lipinski definition) is 0. The third kappa shape index (κ3) is 17.5. The van der Waals surface area contributed by atoms with Gasteiger partial charge in [-0.1, -0.05) is 41.5 Å². The summed E-state index contributed by atoms with van der Waals surface area (Å²) >= 11 is -0.556. The Morgan fingerprint density at radius 1 is 0.833 bits per heavy atom. The molecule has 0 aromatic rings. The van der Waals surface area contributed by atoms with Gasteiger partial charge in [0.2, 0.25) is 0 Å². The van der Waals surface area contributed by atoms with Crippen LogP contribution in [0.15, 0.2) is 0 Å². The van der Waals surface area contributed by atoms with Crippen molar-refractivity contribution in [2.75, 3.05) is 18.5 Å². The Morgan fingerprint density at radius 3 is 1.11 bits per heavy atom. The maximum absolute atomic E-state index is 10.6. The van der Waals surface area contributed by atoms with Gasteiger partial charge in [-0.15, -0.1) is 0 Å². The van der Waals surface area contributed by atoms with E-state index in [1.54, 1.807) is 0 Å². The topological polar surface area (TPSA) is 22.3 Å². The zero-order chi connectivity index (χ0) is 14.1. The van der Waals surface area contributed by atoms with Gasteiger partial charge in [0.15, 0.2) is 0 Å². The fraction of sp³-hybridized carbons (Fsp3) is 0.923. The second-order valence-electron chi connectivity index (χ2n) is 5.90. The van der Waals surface area contributed by atoms with E-state index in [4.69, 9.17) is 18.6 Å². The molecule has 0 N–H and O–H groups in total. The molecule has 0 rings (SSSR count). The third-order valence-corrected chi connectivity index (χ3v) is 6.34. The van der Waals surface area contributed by atoms with Crippen molar-refractivity contribution in [3.05, 3.63) is 12.6 Å². The fourth-order valence-electron chi connectivity index (χ4n) is 2.26. The first-order chi connectivity index (χ1) is 7.66. The summed E-state index contributed by atoms with van der Waals surface area (Å²) in [5, 5.41) is 10.6. The summed E-state index contributed by atoms with van der Waals surface area (Å²) in [7, 11) is 8.14. The third-order valence-electron chi connectivity index (χ3n) is 2.11. The standard InChI is InChI=1S/C12H27NP.CH3.2ClH.Ti/c1-10(2)7-14(13,8-11(3)4)9-12(5)6;;;;/h10-12H,7-9H2,1-6H3;1H3;2*1H;/q2*-1;;;+2/p-2. The van der Waals surface area contributed by atoms with Crippen molar-refractivity contribution in [3.8, 4) is 0 Å². The van der Waals surface area contributed by atoms with Crippen molar-refractivity contribution in [2.24, 2.45) is 17.8 Å². The molecule has 0 bridgehead atoms. The molecule has 0 saturated heterocycles. The molecule has 112 valence electrons. The van der Waals surface area contributed by atoms with E-state index in [1.807, 2.05) is 0 Å². The minimum absolute atomic E-state index is 0. The van der Waals surface area contributed by atoms with Gasteiger partial charge in [0.05, 0.1) is 0 Å². The van der Waals surface area contributed by atoms with E-state index in [1.165, 1.54) is 0 Å². The summed E-state index contributed by atoms with van der Waals surface area (Å²) in [6, 6.07) is 0. The summed E-state index contributed by atoms with van der Waals surface area (Å²) in [6.45, 7) is 13.3. The van der Waals surface area contributed by atoms with Crippen molar-refractivity contribution in [1.29, 1.82) is 0 Å². The first-order valence-electron chi connectivity index (χ1n) is 6.22. The predicted octanol–water partition coefficient (Wildman–Crippen LogP) is 6.55. The molecular formula is C13H30Cl2NPTi-2. The molecule has 0 aliphatic heterocycles. The molecule has 1 nitrogen and oxygen atoms in total. The Kier molecular flexibility index (Phi) is 18.4. The van der Waals surface area contributed by atoms with Crippen molar-refractivity contribution in [1.82, 2.24) is 0 Å². The van der Waals surface area contributed by atoms with Crippen LogP contribution in [0.3, 0.4) is 0 Å². The van der Waals surface area contributed by atoms with Gasteiger partial charge in [-0.05, 0) is 36.2 Å². The van der Waals surface area contributed by atoms with Crippen molar-refractivity contribution < 1.29 is 17.0 Å². The zero-order valence-corrected chi connectivity index (χ0v) is 17.0. The van der Waals surface area contributed by atoms with Crippen LogP contribution in [-0.2, 0) is 17.0 Å². The van der Waals surface area contributed by atoms with Crippen LogP contribution in [0.2, 0.25) is 0 Å². The maximum atomic E-state index is 10.6. The van der Waals surface area contributed by atoms with Crippen molar-refractivity contribution in [2.45, 2.75) is 41.5 Å². The molecule has 0 unspecified atom stereocenters. The normalized spacial score (nSPS) is 11.1. The first kappa shape index (κ1) is 24.5. The van der Waals surface area contributed by atoms with Crippen LogP contribution >= 0.6 is 25.7 Å². The van der Waals surface area contributed by atoms with E-state index in [2.05, 4.69) is 41.5 Å². The van der Waals surface area contributed by atoms with Crippen molar-refractivity contribution >= 4 is 25.7 Å². The molecule has 0 aromatic carbocycles. The number of rotatable bonds is 6. The van der Waals surface area contributed by atoms with Gasteiger partial charge < -0.3 is 12.6 Å². The molecule has 0 radical (unpaired) electrons. The number of hydrogen-bond donors (Lipinski definition) is 0. The monoisotopic (exact) mass is 349 g/mol. The Balaban J connectivity index is -0.000000507. The molecule has 0 fully saturated rings. The Bertz CT molecular complexity index is 188. The van der Waals surface area contributed by atoms with E-state index in [0.29, 0.717) is 17.8 Å². The van der Waals surface area contributed by atoms with Gasteiger partial charge in [-0.25, -0.2) is 7.05 Å². The quantitative estimate of drug-likeness (QED) is 0.294. The summed E-state index contributed by atoms with van der Waals surface area (Å²) in [4.78, 5) is 0. The minimum atomic E-state index is -1.64. The molecule has 5 heteroatoms. The molecule has 0 spiro atoms. The van der Waals surface area contributed by atoms with Gasteiger partial charge in [0, 0.05) is 0 Å². The SMILES string of the molecule is CC(C)CP(=[N-])(CC(C)C)CC(C)C.[CH3-].[Cl][Ti][Cl]. The second kappa shape index (κ2) is 13.5. The summed E-state index contributed by atoms with van der Waals surface area (Å²) < 4.78 is 0. The van der Waals surface area contributed by atoms with Crippen LogP contribution < -0.4 is 0 Å². The van der Waals surface area contributed by atoms with Gasteiger partial charge >= 0.3 is 35.6 Å². The first-order valence-corrected chi connectivity index (χ1v) is 12.8. The Labute approximate surface area is 132 Å². The predicted molar refractivity (Wildman–Crippen MR) is 87.5 cm³/mol. The summed E-state index contributed by atoms with van der Waals surface area (Å²) in [6.07, 6.45) is 3.14. The molecule has 0 aromatic heterocycles. The molecule has 0 aliphatic rings. The van der Waals surface area contributed by atoms with Crippen molar-refractivity contribution in [3.63, 3.8) is 0 Å². The Hall–Kier alpha value is 1.52. The second-order valence-corrected chi connectivity index (χ2v) is 11.8. The van der Waals surface area contributed by atoms with Crippen LogP contribution in [0.5, 0.6) is 0 Å². The Morgan fingerprint density at radius 2 is 1.00 bits per heavy atom. The molecular weight excluding hydrogens is 320 g/mol. The van der Waals surface area contributed by atoms with Crippen LogP contribution in [0.4, 0.5) is 0 Å². The summed E-state index contributed by atoms with van der Waals surface area (Å²) in [5.41, 5.74) is 0. The summed E-state index contributed by atoms with van der Waals surface area (Å²) in [5.74, 6) is 1.89. The number of nitrogens with zero attached hydrogens (tertiary/aromatic N) is 1. The molecule has 18 heavy (non-hydrogen) atoms. The van der Waals surface area contributed by atoms with Gasteiger partial charge in [0.1, 0.15) is 0 Å². The molecule has 0 aliphatic carbocycles. The van der Waals surface area contributed by atoms with Gasteiger partial charge in [0.25, 0.3) is 0 Å². The van der Waals surface area contributed by atoms with Crippen LogP contribution in [0, 0.1) is 25.2 Å². The van der Waals surface area contributed by atoms with Crippen LogP contribution in [0.1, 0.15) is 41.5 Å². The molecule has 0 saturated carbocycles. The van der Waals surface area contributed by atoms with E-state index in [9.17, 15) is 5.16 Å². The van der Waals surface area contributed by atoms with Crippen LogP contribution in [0.25, 0.3) is 5.16 Å². The molecule has 0 atom stereocenters. The molecule has 0 amide bonds. The zero-order valence-electron chi connectivity index (χ0n) is 13.0. The van der Waals surface area contributed by atoms with E-state index in [0.717, 1.165) is 18.5 Å². The number of halogens is 2. The van der Waals surface area contributed by atoms with Crippen LogP contribution in [-0.4, -0.2) is 18.5 Å². The van der Waals surface area contributed by atoms with E-state index >= 15 is 0 Å². The van der Waals surface area contributed by atoms with E-state index in [-0.39, 0.29) is 7.43 Å². The fourth-order valence-corrected chi connectivity index (χ4v) is 6.79. The average molecular weight is 350 g/mol. The molecule has 0 heterocycles. The average Bonchev–Trinajstić information content (AvgIpc) is 1.97.